The van der Waals surface area contributed by atoms with Gasteiger partial charge in [-0.15, -0.1) is 0 Å². The van der Waals surface area contributed by atoms with Crippen molar-refractivity contribution in [2.45, 2.75) is 31.8 Å². The molecule has 0 spiro atoms. The highest BCUT2D eigenvalue weighted by Gasteiger charge is 2.38. The van der Waals surface area contributed by atoms with E-state index in [4.69, 9.17) is 32.7 Å². The van der Waals surface area contributed by atoms with E-state index >= 15 is 0 Å². The zero-order chi connectivity index (χ0) is 23.3. The minimum Gasteiger partial charge on any atom is -0.484 e. The third-order valence-corrected chi connectivity index (χ3v) is 5.54. The van der Waals surface area contributed by atoms with E-state index in [-0.39, 0.29) is 29.8 Å². The highest BCUT2D eigenvalue weighted by Crippen LogP contribution is 2.34. The van der Waals surface area contributed by atoms with E-state index in [1.807, 2.05) is 6.07 Å². The molecule has 32 heavy (non-hydrogen) atoms. The lowest BCUT2D eigenvalue weighted by Gasteiger charge is -2.34. The van der Waals surface area contributed by atoms with E-state index in [1.54, 1.807) is 19.1 Å². The molecule has 0 aromatic heterocycles. The summed E-state index contributed by atoms with van der Waals surface area (Å²) in [7, 11) is 0. The number of hydrogen-bond donors (Lipinski definition) is 2. The molecule has 0 aliphatic carbocycles. The Hall–Kier alpha value is -2.77. The Balaban J connectivity index is 1.40. The second-order valence-electron chi connectivity index (χ2n) is 7.61. The van der Waals surface area contributed by atoms with Crippen molar-refractivity contribution in [3.8, 4) is 11.5 Å². The standard InChI is InChI=1S/C23H23Cl2FN2O4/c1-14(28-21(29)13-31-17-4-5-18(25)19(26)12-17)8-10-27-22(30)23(2)9-7-15-11-16(24)3-6-20(15)32-23/h3-6,11-12H,1,7-10,13H2,2H3,(H,27,30)(H,28,29). The van der Waals surface area contributed by atoms with Crippen LogP contribution in [0.1, 0.15) is 25.3 Å². The molecule has 2 aromatic rings. The average Bonchev–Trinajstić information content (AvgIpc) is 2.74. The van der Waals surface area contributed by atoms with E-state index in [9.17, 15) is 14.0 Å². The van der Waals surface area contributed by atoms with Gasteiger partial charge in [0, 0.05) is 36.2 Å². The summed E-state index contributed by atoms with van der Waals surface area (Å²) >= 11 is 11.6. The van der Waals surface area contributed by atoms with Crippen molar-refractivity contribution in [2.24, 2.45) is 0 Å². The molecule has 3 rings (SSSR count). The van der Waals surface area contributed by atoms with Crippen LogP contribution in [0.2, 0.25) is 10.0 Å². The van der Waals surface area contributed by atoms with Crippen molar-refractivity contribution < 1.29 is 23.5 Å². The Morgan fingerprint density at radius 2 is 2.03 bits per heavy atom. The third kappa shape index (κ3) is 6.14. The molecular weight excluding hydrogens is 458 g/mol. The summed E-state index contributed by atoms with van der Waals surface area (Å²) in [5.74, 6) is -0.493. The molecule has 1 heterocycles. The summed E-state index contributed by atoms with van der Waals surface area (Å²) in [6.07, 6.45) is 1.53. The first-order valence-corrected chi connectivity index (χ1v) is 10.7. The zero-order valence-electron chi connectivity index (χ0n) is 17.5. The molecule has 170 valence electrons. The number of rotatable bonds is 8. The fraction of sp³-hybridized carbons (Fsp3) is 0.304. The summed E-state index contributed by atoms with van der Waals surface area (Å²) < 4.78 is 24.6. The van der Waals surface area contributed by atoms with E-state index < -0.39 is 17.3 Å². The molecule has 1 aliphatic rings. The van der Waals surface area contributed by atoms with Gasteiger partial charge in [0.2, 0.25) is 0 Å². The lowest BCUT2D eigenvalue weighted by Crippen LogP contribution is -2.51. The van der Waals surface area contributed by atoms with Gasteiger partial charge < -0.3 is 20.1 Å². The van der Waals surface area contributed by atoms with Gasteiger partial charge in [0.25, 0.3) is 11.8 Å². The summed E-state index contributed by atoms with van der Waals surface area (Å²) in [6, 6.07) is 9.24. The predicted molar refractivity (Wildman–Crippen MR) is 121 cm³/mol. The lowest BCUT2D eigenvalue weighted by molar-refractivity contribution is -0.136. The van der Waals surface area contributed by atoms with Gasteiger partial charge in [-0.1, -0.05) is 29.8 Å². The van der Waals surface area contributed by atoms with Gasteiger partial charge >= 0.3 is 0 Å². The van der Waals surface area contributed by atoms with Crippen molar-refractivity contribution in [2.75, 3.05) is 13.2 Å². The first kappa shape index (κ1) is 23.9. The summed E-state index contributed by atoms with van der Waals surface area (Å²) in [6.45, 7) is 5.48. The Kier molecular flexibility index (Phi) is 7.64. The Labute approximate surface area is 195 Å². The van der Waals surface area contributed by atoms with E-state index in [1.165, 1.54) is 12.1 Å². The van der Waals surface area contributed by atoms with Crippen LogP contribution in [0.25, 0.3) is 0 Å². The maximum Gasteiger partial charge on any atom is 0.263 e. The van der Waals surface area contributed by atoms with E-state index in [0.717, 1.165) is 11.6 Å². The average molecular weight is 481 g/mol. The van der Waals surface area contributed by atoms with Crippen LogP contribution in [0.4, 0.5) is 4.39 Å². The largest absolute Gasteiger partial charge is 0.484 e. The van der Waals surface area contributed by atoms with Gasteiger partial charge in [-0.05, 0) is 49.2 Å². The third-order valence-electron chi connectivity index (χ3n) is 5.00. The molecule has 0 radical (unpaired) electrons. The summed E-state index contributed by atoms with van der Waals surface area (Å²) in [4.78, 5) is 24.7. The SMILES string of the molecule is C=C(CCNC(=O)C1(C)CCc2cc(Cl)ccc2O1)NC(=O)COc1ccc(Cl)c(F)c1. The fourth-order valence-corrected chi connectivity index (χ4v) is 3.51. The van der Waals surface area contributed by atoms with Crippen LogP contribution in [0.15, 0.2) is 48.7 Å². The van der Waals surface area contributed by atoms with Crippen molar-refractivity contribution >= 4 is 35.0 Å². The van der Waals surface area contributed by atoms with E-state index in [2.05, 4.69) is 17.2 Å². The molecule has 6 nitrogen and oxygen atoms in total. The molecule has 2 amide bonds. The maximum atomic E-state index is 13.4. The number of amides is 2. The Bertz CT molecular complexity index is 1050. The number of carbonyl (C=O) groups is 2. The van der Waals surface area contributed by atoms with Crippen molar-refractivity contribution in [1.29, 1.82) is 0 Å². The molecule has 2 aromatic carbocycles. The molecule has 2 N–H and O–H groups in total. The van der Waals surface area contributed by atoms with Gasteiger partial charge in [-0.25, -0.2) is 4.39 Å². The number of aryl methyl sites for hydroxylation is 1. The van der Waals surface area contributed by atoms with Gasteiger partial charge in [0.1, 0.15) is 17.3 Å². The minimum absolute atomic E-state index is 0.0293. The molecule has 1 aliphatic heterocycles. The van der Waals surface area contributed by atoms with E-state index in [0.29, 0.717) is 35.7 Å². The topological polar surface area (TPSA) is 76.7 Å². The highest BCUT2D eigenvalue weighted by atomic mass is 35.5. The second kappa shape index (κ2) is 10.2. The molecule has 1 unspecified atom stereocenters. The highest BCUT2D eigenvalue weighted by molar-refractivity contribution is 6.31. The fourth-order valence-electron chi connectivity index (χ4n) is 3.19. The van der Waals surface area contributed by atoms with Gasteiger partial charge in [0.15, 0.2) is 12.2 Å². The molecule has 0 fully saturated rings. The number of fused-ring (bicyclic) bond motifs is 1. The van der Waals surface area contributed by atoms with Crippen LogP contribution in [0.3, 0.4) is 0 Å². The summed E-state index contributed by atoms with van der Waals surface area (Å²) in [5, 5.41) is 6.01. The first-order chi connectivity index (χ1) is 15.2. The number of benzene rings is 2. The van der Waals surface area contributed by atoms with Gasteiger partial charge in [0.05, 0.1) is 5.02 Å². The molecule has 0 saturated heterocycles. The van der Waals surface area contributed by atoms with Gasteiger partial charge in [-0.2, -0.15) is 0 Å². The van der Waals surface area contributed by atoms with Crippen molar-refractivity contribution in [1.82, 2.24) is 10.6 Å². The zero-order valence-corrected chi connectivity index (χ0v) is 19.0. The first-order valence-electron chi connectivity index (χ1n) is 9.97. The number of halogens is 3. The smallest absolute Gasteiger partial charge is 0.263 e. The molecule has 0 bridgehead atoms. The monoisotopic (exact) mass is 480 g/mol. The Morgan fingerprint density at radius 3 is 2.78 bits per heavy atom. The summed E-state index contributed by atoms with van der Waals surface area (Å²) in [5.41, 5.74) is 0.394. The molecule has 9 heteroatoms. The quantitative estimate of drug-likeness (QED) is 0.585. The van der Waals surface area contributed by atoms with Crippen molar-refractivity contribution in [3.05, 3.63) is 70.1 Å². The normalized spacial score (nSPS) is 17.0. The molecule has 1 atom stereocenters. The number of nitrogens with one attached hydrogen (secondary N) is 2. The van der Waals surface area contributed by atoms with Crippen LogP contribution in [0.5, 0.6) is 11.5 Å². The second-order valence-corrected chi connectivity index (χ2v) is 8.45. The predicted octanol–water partition coefficient (Wildman–Crippen LogP) is 4.43. The number of carbonyl (C=O) groups excluding carboxylic acids is 2. The Morgan fingerprint density at radius 1 is 1.25 bits per heavy atom. The number of hydrogen-bond acceptors (Lipinski definition) is 4. The maximum absolute atomic E-state index is 13.4. The lowest BCUT2D eigenvalue weighted by atomic mass is 9.92. The number of ether oxygens (including phenoxy) is 2. The van der Waals surface area contributed by atoms with Crippen molar-refractivity contribution in [3.63, 3.8) is 0 Å². The van der Waals surface area contributed by atoms with Crippen LogP contribution in [0, 0.1) is 5.82 Å². The molecule has 0 saturated carbocycles. The van der Waals surface area contributed by atoms with Crippen LogP contribution < -0.4 is 20.1 Å². The van der Waals surface area contributed by atoms with Gasteiger partial charge in [-0.3, -0.25) is 9.59 Å². The minimum atomic E-state index is -0.993. The molecular formula is C23H23Cl2FN2O4. The van der Waals surface area contributed by atoms with Crippen LogP contribution >= 0.6 is 23.2 Å². The van der Waals surface area contributed by atoms with Crippen LogP contribution in [-0.2, 0) is 16.0 Å². The van der Waals surface area contributed by atoms with Crippen LogP contribution in [-0.4, -0.2) is 30.6 Å².